The van der Waals surface area contributed by atoms with Crippen molar-refractivity contribution >= 4 is 0 Å². The molecule has 62 heavy (non-hydrogen) atoms. The fourth-order valence-electron chi connectivity index (χ4n) is 12.2. The zero-order chi connectivity index (χ0) is 43.3. The normalized spacial score (nSPS) is 18.9. The van der Waals surface area contributed by atoms with Crippen LogP contribution in [0.25, 0.3) is 0 Å². The van der Waals surface area contributed by atoms with Crippen molar-refractivity contribution in [2.75, 3.05) is 0 Å². The number of aromatic hydroxyl groups is 4. The summed E-state index contributed by atoms with van der Waals surface area (Å²) in [6.45, 7) is -1.44. The van der Waals surface area contributed by atoms with Crippen molar-refractivity contribution in [2.45, 2.75) is 190 Å². The molecule has 334 valence electrons. The Balaban J connectivity index is 1.46. The number of rotatable bonds is 13. The van der Waals surface area contributed by atoms with Gasteiger partial charge in [0.15, 0.2) is 0 Å². The molecule has 8 nitrogen and oxygen atoms in total. The molecule has 0 aromatic heterocycles. The number of aliphatic hydroxyl groups is 4. The molecule has 0 bridgehead atoms. The minimum absolute atomic E-state index is 0.110. The lowest BCUT2D eigenvalue weighted by Gasteiger charge is -2.35. The van der Waals surface area contributed by atoms with Crippen LogP contribution in [0.15, 0.2) is 48.5 Å². The van der Waals surface area contributed by atoms with Crippen LogP contribution in [0.3, 0.4) is 0 Å². The van der Waals surface area contributed by atoms with Gasteiger partial charge in [0.2, 0.25) is 0 Å². The Bertz CT molecular complexity index is 1850. The third-order valence-corrected chi connectivity index (χ3v) is 15.6. The molecule has 0 saturated heterocycles. The molecule has 0 amide bonds. The first-order valence-corrected chi connectivity index (χ1v) is 24.1. The van der Waals surface area contributed by atoms with Crippen LogP contribution in [0, 0.1) is 0 Å². The zero-order valence-corrected chi connectivity index (χ0v) is 36.6. The van der Waals surface area contributed by atoms with E-state index in [1.54, 1.807) is 0 Å². The highest BCUT2D eigenvalue weighted by Gasteiger charge is 2.36. The maximum atomic E-state index is 11.8. The van der Waals surface area contributed by atoms with E-state index >= 15 is 0 Å². The fraction of sp³-hybridized carbons (Fsp3) is 0.556. The Kier molecular flexibility index (Phi) is 14.5. The van der Waals surface area contributed by atoms with Crippen molar-refractivity contribution in [1.82, 2.24) is 0 Å². The predicted octanol–water partition coefficient (Wildman–Crippen LogP) is 11.6. The van der Waals surface area contributed by atoms with Gasteiger partial charge in [-0.1, -0.05) is 101 Å². The summed E-state index contributed by atoms with van der Waals surface area (Å²) in [5, 5.41) is 91.2. The molecule has 0 aliphatic heterocycles. The molecule has 4 aliphatic carbocycles. The molecular weight excluding hydrogens is 777 g/mol. The van der Waals surface area contributed by atoms with E-state index in [0.717, 1.165) is 173 Å². The fourth-order valence-corrected chi connectivity index (χ4v) is 12.2. The second-order valence-electron chi connectivity index (χ2n) is 19.4. The van der Waals surface area contributed by atoms with E-state index in [1.807, 2.05) is 24.3 Å². The van der Waals surface area contributed by atoms with Gasteiger partial charge in [-0.15, -0.1) is 0 Å². The molecule has 4 fully saturated rings. The zero-order valence-electron chi connectivity index (χ0n) is 36.6. The van der Waals surface area contributed by atoms with Crippen LogP contribution in [0.2, 0.25) is 0 Å². The van der Waals surface area contributed by atoms with Gasteiger partial charge in [0, 0.05) is 34.1 Å². The lowest BCUT2D eigenvalue weighted by atomic mass is 9.69. The van der Waals surface area contributed by atoms with Gasteiger partial charge < -0.3 is 40.9 Å². The summed E-state index contributed by atoms with van der Waals surface area (Å²) >= 11 is 0. The number of hydrogen-bond donors (Lipinski definition) is 8. The maximum Gasteiger partial charge on any atom is 0.124 e. The second-order valence-corrected chi connectivity index (χ2v) is 19.4. The van der Waals surface area contributed by atoms with Crippen LogP contribution in [0.1, 0.15) is 231 Å². The first kappa shape index (κ1) is 44.5. The molecule has 0 spiro atoms. The highest BCUT2D eigenvalue weighted by Crippen LogP contribution is 2.53. The van der Waals surface area contributed by atoms with Gasteiger partial charge in [-0.3, -0.25) is 0 Å². The molecule has 0 unspecified atom stereocenters. The molecule has 8 N–H and O–H groups in total. The minimum atomic E-state index is -0.540. The van der Waals surface area contributed by atoms with Gasteiger partial charge in [-0.2, -0.15) is 0 Å². The van der Waals surface area contributed by atoms with Crippen LogP contribution >= 0.6 is 0 Å². The number of phenols is 4. The molecule has 8 rings (SSSR count). The van der Waals surface area contributed by atoms with Crippen molar-refractivity contribution in [3.8, 4) is 23.0 Å². The Morgan fingerprint density at radius 3 is 0.677 bits per heavy atom. The molecule has 4 aromatic carbocycles. The SMILES string of the molecule is OCc1cc(C(c2cc(CO)c(O)c(C3CCCCC3)c2)C(c2cc(CO)c(O)c(C3CCCCC3)c2)c2cc(CO)c(O)c(C3CCCCC3)c2)cc(C2CCCCC2)c1O. The predicted molar refractivity (Wildman–Crippen MR) is 243 cm³/mol. The Morgan fingerprint density at radius 2 is 0.500 bits per heavy atom. The lowest BCUT2D eigenvalue weighted by molar-refractivity contribution is 0.273. The van der Waals surface area contributed by atoms with Gasteiger partial charge in [-0.25, -0.2) is 0 Å². The van der Waals surface area contributed by atoms with Gasteiger partial charge in [0.25, 0.3) is 0 Å². The molecule has 4 aliphatic rings. The van der Waals surface area contributed by atoms with E-state index in [9.17, 15) is 40.9 Å². The van der Waals surface area contributed by atoms with Gasteiger partial charge in [0.1, 0.15) is 23.0 Å². The van der Waals surface area contributed by atoms with Crippen molar-refractivity contribution in [1.29, 1.82) is 0 Å². The molecule has 0 heterocycles. The topological polar surface area (TPSA) is 162 Å². The summed E-state index contributed by atoms with van der Waals surface area (Å²) in [5.41, 5.74) is 8.46. The smallest absolute Gasteiger partial charge is 0.124 e. The second kappa shape index (κ2) is 20.2. The summed E-state index contributed by atoms with van der Waals surface area (Å²) in [5.74, 6) is -0.133. The van der Waals surface area contributed by atoms with E-state index < -0.39 is 11.8 Å². The summed E-state index contributed by atoms with van der Waals surface area (Å²) in [6, 6.07) is 16.1. The van der Waals surface area contributed by atoms with E-state index in [2.05, 4.69) is 24.3 Å². The molecule has 4 aromatic rings. The molecule has 0 atom stereocenters. The van der Waals surface area contributed by atoms with Crippen molar-refractivity contribution in [2.24, 2.45) is 0 Å². The molecule has 8 heteroatoms. The monoisotopic (exact) mass is 847 g/mol. The largest absolute Gasteiger partial charge is 0.507 e. The highest BCUT2D eigenvalue weighted by atomic mass is 16.3. The third kappa shape index (κ3) is 9.13. The van der Waals surface area contributed by atoms with Crippen LogP contribution in [-0.4, -0.2) is 40.9 Å². The summed E-state index contributed by atoms with van der Waals surface area (Å²) in [6.07, 6.45) is 20.5. The molecular formula is C54H70O8. The van der Waals surface area contributed by atoms with Crippen LogP contribution in [0.5, 0.6) is 23.0 Å². The standard InChI is InChI=1S/C54H70O8/c55-29-41-21-37(25-45(51(41)59)33-13-5-1-6-14-33)49(38-22-42(30-56)52(60)46(26-38)34-15-7-2-8-16-34)50(39-23-43(31-57)53(61)47(27-39)35-17-9-3-10-18-35)40-24-44(32-58)54(62)48(28-40)36-19-11-4-12-20-36/h21-28,33-36,49-50,55-62H,1-20,29-32H2. The summed E-state index contributed by atoms with van der Waals surface area (Å²) < 4.78 is 0. The van der Waals surface area contributed by atoms with E-state index in [1.165, 1.54) is 0 Å². The molecule has 4 saturated carbocycles. The van der Waals surface area contributed by atoms with E-state index in [0.29, 0.717) is 22.3 Å². The summed E-state index contributed by atoms with van der Waals surface area (Å²) in [7, 11) is 0. The maximum absolute atomic E-state index is 11.8. The van der Waals surface area contributed by atoms with Crippen LogP contribution < -0.4 is 0 Å². The Morgan fingerprint density at radius 1 is 0.306 bits per heavy atom. The lowest BCUT2D eigenvalue weighted by Crippen LogP contribution is -2.19. The van der Waals surface area contributed by atoms with Crippen LogP contribution in [0.4, 0.5) is 0 Å². The number of aliphatic hydroxyl groups excluding tert-OH is 4. The van der Waals surface area contributed by atoms with E-state index in [-0.39, 0.29) is 73.1 Å². The third-order valence-electron chi connectivity index (χ3n) is 15.6. The van der Waals surface area contributed by atoms with Crippen molar-refractivity contribution in [3.05, 3.63) is 115 Å². The highest BCUT2D eigenvalue weighted by molar-refractivity contribution is 5.58. The quantitative estimate of drug-likeness (QED) is 0.0659. The van der Waals surface area contributed by atoms with Gasteiger partial charge in [-0.05, 0) is 144 Å². The first-order chi connectivity index (χ1) is 30.2. The number of benzene rings is 4. The average Bonchev–Trinajstić information content (AvgIpc) is 3.32. The Hall–Kier alpha value is -4.08. The van der Waals surface area contributed by atoms with Gasteiger partial charge >= 0.3 is 0 Å². The van der Waals surface area contributed by atoms with Crippen molar-refractivity contribution < 1.29 is 40.9 Å². The van der Waals surface area contributed by atoms with E-state index in [4.69, 9.17) is 0 Å². The molecule has 0 radical (unpaired) electrons. The summed E-state index contributed by atoms with van der Waals surface area (Å²) in [4.78, 5) is 0. The van der Waals surface area contributed by atoms with Gasteiger partial charge in [0.05, 0.1) is 26.4 Å². The van der Waals surface area contributed by atoms with Crippen LogP contribution in [-0.2, 0) is 26.4 Å². The van der Waals surface area contributed by atoms with Crippen molar-refractivity contribution in [3.63, 3.8) is 0 Å². The average molecular weight is 847 g/mol. The number of hydrogen-bond acceptors (Lipinski definition) is 8. The first-order valence-electron chi connectivity index (χ1n) is 24.1. The Labute approximate surface area is 368 Å². The minimum Gasteiger partial charge on any atom is -0.507 e.